The van der Waals surface area contributed by atoms with Crippen LogP contribution in [0.4, 0.5) is 0 Å². The average molecular weight is 447 g/mol. The number of rotatable bonds is 4. The number of carbonyl (C=O) groups excluding carboxylic acids is 2. The van der Waals surface area contributed by atoms with Crippen molar-refractivity contribution in [3.05, 3.63) is 11.6 Å². The SMILES string of the molecule is COC(=O)[C@@H]1CC2=CC(=O)CC[C@]2(C)[C@@]23OC2C[C@@]2(C)[C@@H](CC[C@@]2(O)CCC(=O)O)[C@]13C. The van der Waals surface area contributed by atoms with Crippen LogP contribution < -0.4 is 0 Å². The molecule has 1 heterocycles. The molecule has 0 aromatic rings. The molecule has 0 amide bonds. The summed E-state index contributed by atoms with van der Waals surface area (Å²) in [5, 5.41) is 21.0. The van der Waals surface area contributed by atoms with Crippen molar-refractivity contribution in [3.8, 4) is 0 Å². The van der Waals surface area contributed by atoms with E-state index >= 15 is 0 Å². The normalized spacial score (nSPS) is 51.0. The van der Waals surface area contributed by atoms with Crippen molar-refractivity contribution in [3.63, 3.8) is 0 Å². The van der Waals surface area contributed by atoms with Crippen LogP contribution in [0.2, 0.25) is 0 Å². The first-order valence-electron chi connectivity index (χ1n) is 11.8. The summed E-state index contributed by atoms with van der Waals surface area (Å²) in [7, 11) is 1.40. The molecular formula is C25H34O7. The molecule has 5 rings (SSSR count). The monoisotopic (exact) mass is 446 g/mol. The number of esters is 1. The minimum atomic E-state index is -1.11. The minimum absolute atomic E-state index is 0.0207. The second-order valence-corrected chi connectivity index (χ2v) is 11.5. The molecular weight excluding hydrogens is 412 g/mol. The van der Waals surface area contributed by atoms with Gasteiger partial charge < -0.3 is 19.7 Å². The van der Waals surface area contributed by atoms with Crippen LogP contribution in [0, 0.1) is 28.1 Å². The Bertz CT molecular complexity index is 941. The van der Waals surface area contributed by atoms with Crippen LogP contribution in [0.3, 0.4) is 0 Å². The number of carboxylic acids is 1. The van der Waals surface area contributed by atoms with Gasteiger partial charge in [-0.15, -0.1) is 0 Å². The number of carboxylic acid groups (broad SMARTS) is 1. The summed E-state index contributed by atoms with van der Waals surface area (Å²) < 4.78 is 11.9. The molecule has 8 atom stereocenters. The first kappa shape index (κ1) is 22.1. The summed E-state index contributed by atoms with van der Waals surface area (Å²) in [5.41, 5.74) is -2.18. The number of hydrogen-bond donors (Lipinski definition) is 2. The zero-order chi connectivity index (χ0) is 23.3. The second kappa shape index (κ2) is 6.44. The van der Waals surface area contributed by atoms with E-state index < -0.39 is 33.9 Å². The Labute approximate surface area is 188 Å². The fourth-order valence-corrected chi connectivity index (χ4v) is 8.98. The number of fused-ring (bicyclic) bond motifs is 3. The van der Waals surface area contributed by atoms with E-state index in [1.807, 2.05) is 0 Å². The zero-order valence-corrected chi connectivity index (χ0v) is 19.4. The van der Waals surface area contributed by atoms with Gasteiger partial charge in [0.2, 0.25) is 0 Å². The van der Waals surface area contributed by atoms with Crippen molar-refractivity contribution in [2.75, 3.05) is 7.11 Å². The number of aliphatic carboxylic acids is 1. The van der Waals surface area contributed by atoms with Crippen molar-refractivity contribution >= 4 is 17.7 Å². The average Bonchev–Trinajstić information content (AvgIpc) is 3.40. The topological polar surface area (TPSA) is 113 Å². The molecule has 4 aliphatic carbocycles. The minimum Gasteiger partial charge on any atom is -0.481 e. The molecule has 7 heteroatoms. The predicted octanol–water partition coefficient (Wildman–Crippen LogP) is 3.03. The molecule has 1 aliphatic heterocycles. The maximum Gasteiger partial charge on any atom is 0.309 e. The van der Waals surface area contributed by atoms with Gasteiger partial charge in [-0.1, -0.05) is 26.3 Å². The molecule has 1 spiro atoms. The Kier molecular flexibility index (Phi) is 4.44. The molecule has 0 radical (unpaired) electrons. The molecule has 1 saturated heterocycles. The molecule has 0 bridgehead atoms. The lowest BCUT2D eigenvalue weighted by molar-refractivity contribution is -0.187. The van der Waals surface area contributed by atoms with Crippen molar-refractivity contribution in [2.45, 2.75) is 89.4 Å². The summed E-state index contributed by atoms with van der Waals surface area (Å²) in [4.78, 5) is 36.8. The maximum absolute atomic E-state index is 13.2. The summed E-state index contributed by atoms with van der Waals surface area (Å²) in [5.74, 6) is -1.61. The van der Waals surface area contributed by atoms with Crippen LogP contribution in [0.5, 0.6) is 0 Å². The Hall–Kier alpha value is -1.73. The number of hydrogen-bond acceptors (Lipinski definition) is 6. The summed E-state index contributed by atoms with van der Waals surface area (Å²) >= 11 is 0. The maximum atomic E-state index is 13.2. The van der Waals surface area contributed by atoms with E-state index in [9.17, 15) is 24.6 Å². The number of carbonyl (C=O) groups is 3. The highest BCUT2D eigenvalue weighted by atomic mass is 16.6. The van der Waals surface area contributed by atoms with Gasteiger partial charge in [-0.2, -0.15) is 0 Å². The van der Waals surface area contributed by atoms with Crippen molar-refractivity contribution in [2.24, 2.45) is 28.1 Å². The number of aliphatic hydroxyl groups is 1. The van der Waals surface area contributed by atoms with E-state index in [2.05, 4.69) is 20.8 Å². The van der Waals surface area contributed by atoms with Gasteiger partial charge >= 0.3 is 11.9 Å². The van der Waals surface area contributed by atoms with E-state index in [-0.39, 0.29) is 42.0 Å². The van der Waals surface area contributed by atoms with Crippen LogP contribution >= 0.6 is 0 Å². The molecule has 2 N–H and O–H groups in total. The highest BCUT2D eigenvalue weighted by Gasteiger charge is 2.87. The number of ether oxygens (including phenoxy) is 2. The third-order valence-electron chi connectivity index (χ3n) is 10.7. The fourth-order valence-electron chi connectivity index (χ4n) is 8.98. The van der Waals surface area contributed by atoms with Gasteiger partial charge in [-0.25, -0.2) is 0 Å². The molecule has 5 aliphatic rings. The number of epoxide rings is 1. The predicted molar refractivity (Wildman–Crippen MR) is 114 cm³/mol. The van der Waals surface area contributed by atoms with E-state index in [0.717, 1.165) is 5.57 Å². The molecule has 1 unspecified atom stereocenters. The highest BCUT2D eigenvalue weighted by molar-refractivity contribution is 5.92. The standard InChI is InChI=1S/C25H34O7/c1-21-8-5-15(26)11-14(21)12-16(20(29)31-4)23(3)17-6-9-24(30,10-7-19(27)28)22(17,2)13-18-25(21,23)32-18/h11,16-18,30H,5-10,12-13H2,1-4H3,(H,27,28)/t16-,17+,18?,21-,22-,23-,24+,25-/m0/s1. The van der Waals surface area contributed by atoms with Gasteiger partial charge in [0, 0.05) is 29.1 Å². The smallest absolute Gasteiger partial charge is 0.309 e. The van der Waals surface area contributed by atoms with Crippen molar-refractivity contribution in [1.29, 1.82) is 0 Å². The highest BCUT2D eigenvalue weighted by Crippen LogP contribution is 2.82. The fraction of sp³-hybridized carbons (Fsp3) is 0.800. The lowest BCUT2D eigenvalue weighted by atomic mass is 9.37. The van der Waals surface area contributed by atoms with Crippen LogP contribution in [-0.4, -0.2) is 52.4 Å². The van der Waals surface area contributed by atoms with Crippen molar-refractivity contribution in [1.82, 2.24) is 0 Å². The van der Waals surface area contributed by atoms with Gasteiger partial charge in [0.05, 0.1) is 24.7 Å². The first-order chi connectivity index (χ1) is 14.9. The molecule has 7 nitrogen and oxygen atoms in total. The lowest BCUT2D eigenvalue weighted by Crippen LogP contribution is -2.68. The largest absolute Gasteiger partial charge is 0.481 e. The Morgan fingerprint density at radius 2 is 1.97 bits per heavy atom. The molecule has 4 fully saturated rings. The zero-order valence-electron chi connectivity index (χ0n) is 19.4. The van der Waals surface area contributed by atoms with Crippen molar-refractivity contribution < 1.29 is 34.1 Å². The third-order valence-corrected chi connectivity index (χ3v) is 10.7. The van der Waals surface area contributed by atoms with Crippen LogP contribution in [0.1, 0.15) is 72.1 Å². The first-order valence-corrected chi connectivity index (χ1v) is 11.8. The number of methoxy groups -OCH3 is 1. The van der Waals surface area contributed by atoms with Gasteiger partial charge in [-0.05, 0) is 50.5 Å². The lowest BCUT2D eigenvalue weighted by Gasteiger charge is -2.64. The van der Waals surface area contributed by atoms with E-state index in [1.54, 1.807) is 6.08 Å². The number of ketones is 1. The summed E-state index contributed by atoms with van der Waals surface area (Å²) in [6, 6.07) is 0. The molecule has 0 aromatic carbocycles. The summed E-state index contributed by atoms with van der Waals surface area (Å²) in [6.07, 6.45) is 5.21. The molecule has 3 saturated carbocycles. The molecule has 0 aromatic heterocycles. The quantitative estimate of drug-likeness (QED) is 0.504. The molecule has 176 valence electrons. The van der Waals surface area contributed by atoms with E-state index in [4.69, 9.17) is 9.47 Å². The van der Waals surface area contributed by atoms with Gasteiger partial charge in [0.25, 0.3) is 0 Å². The van der Waals surface area contributed by atoms with Crippen LogP contribution in [0.25, 0.3) is 0 Å². The molecule has 32 heavy (non-hydrogen) atoms. The second-order valence-electron chi connectivity index (χ2n) is 11.5. The third kappa shape index (κ3) is 2.32. The van der Waals surface area contributed by atoms with Gasteiger partial charge in [0.15, 0.2) is 5.78 Å². The summed E-state index contributed by atoms with van der Waals surface area (Å²) in [6.45, 7) is 6.39. The van der Waals surface area contributed by atoms with E-state index in [0.29, 0.717) is 38.5 Å². The van der Waals surface area contributed by atoms with Crippen LogP contribution in [0.15, 0.2) is 11.6 Å². The van der Waals surface area contributed by atoms with Gasteiger partial charge in [-0.3, -0.25) is 14.4 Å². The Morgan fingerprint density at radius 3 is 2.62 bits per heavy atom. The van der Waals surface area contributed by atoms with Gasteiger partial charge in [0.1, 0.15) is 5.60 Å². The van der Waals surface area contributed by atoms with Crippen LogP contribution in [-0.2, 0) is 23.9 Å². The Morgan fingerprint density at radius 1 is 1.25 bits per heavy atom. The Balaban J connectivity index is 1.65. The van der Waals surface area contributed by atoms with E-state index in [1.165, 1.54) is 7.11 Å².